The van der Waals surface area contributed by atoms with Crippen LogP contribution in [0.25, 0.3) is 0 Å². The predicted octanol–water partition coefficient (Wildman–Crippen LogP) is 3.60. The summed E-state index contributed by atoms with van der Waals surface area (Å²) in [5.74, 6) is 0.891. The van der Waals surface area contributed by atoms with Crippen LogP contribution in [0.2, 0.25) is 5.02 Å². The molecule has 21 heavy (non-hydrogen) atoms. The van der Waals surface area contributed by atoms with Crippen molar-refractivity contribution in [3.05, 3.63) is 23.2 Å². The maximum Gasteiger partial charge on any atom is 0.240 e. The van der Waals surface area contributed by atoms with Crippen molar-refractivity contribution in [3.8, 4) is 5.75 Å². The Morgan fingerprint density at radius 3 is 2.67 bits per heavy atom. The zero-order valence-corrected chi connectivity index (χ0v) is 14.0. The van der Waals surface area contributed by atoms with Crippen molar-refractivity contribution in [2.24, 2.45) is 5.92 Å². The van der Waals surface area contributed by atoms with E-state index in [2.05, 4.69) is 11.6 Å². The number of halogens is 1. The third-order valence-corrected chi connectivity index (χ3v) is 5.96. The van der Waals surface area contributed by atoms with Gasteiger partial charge in [0, 0.05) is 6.04 Å². The highest BCUT2D eigenvalue weighted by molar-refractivity contribution is 7.89. The van der Waals surface area contributed by atoms with E-state index >= 15 is 0 Å². The normalized spacial score (nSPS) is 23.0. The van der Waals surface area contributed by atoms with Crippen molar-refractivity contribution in [1.29, 1.82) is 0 Å². The smallest absolute Gasteiger partial charge is 0.240 e. The van der Waals surface area contributed by atoms with E-state index in [9.17, 15) is 8.42 Å². The van der Waals surface area contributed by atoms with Gasteiger partial charge in [-0.15, -0.1) is 0 Å². The monoisotopic (exact) mass is 331 g/mol. The van der Waals surface area contributed by atoms with Gasteiger partial charge in [0.1, 0.15) is 5.75 Å². The van der Waals surface area contributed by atoms with Gasteiger partial charge in [0.05, 0.1) is 17.0 Å². The molecule has 1 aliphatic rings. The third kappa shape index (κ3) is 3.90. The summed E-state index contributed by atoms with van der Waals surface area (Å²) < 4.78 is 32.9. The van der Waals surface area contributed by atoms with Gasteiger partial charge >= 0.3 is 0 Å². The summed E-state index contributed by atoms with van der Waals surface area (Å²) in [5, 5.41) is 0.302. The molecular formula is C15H22ClNO3S. The van der Waals surface area contributed by atoms with Gasteiger partial charge in [-0.25, -0.2) is 13.1 Å². The zero-order valence-electron chi connectivity index (χ0n) is 12.4. The molecule has 0 bridgehead atoms. The van der Waals surface area contributed by atoms with E-state index in [0.717, 1.165) is 25.7 Å². The van der Waals surface area contributed by atoms with E-state index in [-0.39, 0.29) is 10.9 Å². The molecule has 1 N–H and O–H groups in total. The van der Waals surface area contributed by atoms with Gasteiger partial charge in [-0.1, -0.05) is 37.8 Å². The maximum absolute atomic E-state index is 12.5. The Kier molecular flexibility index (Phi) is 5.52. The van der Waals surface area contributed by atoms with Gasteiger partial charge in [-0.3, -0.25) is 0 Å². The zero-order chi connectivity index (χ0) is 15.5. The van der Waals surface area contributed by atoms with Crippen LogP contribution in [0.15, 0.2) is 23.1 Å². The lowest BCUT2D eigenvalue weighted by Crippen LogP contribution is -2.41. The van der Waals surface area contributed by atoms with Crippen molar-refractivity contribution in [2.75, 3.05) is 7.11 Å². The first-order chi connectivity index (χ1) is 9.97. The summed E-state index contributed by atoms with van der Waals surface area (Å²) in [7, 11) is -2.04. The fourth-order valence-electron chi connectivity index (χ4n) is 2.93. The second kappa shape index (κ2) is 6.99. The van der Waals surface area contributed by atoms with Gasteiger partial charge in [-0.05, 0) is 37.0 Å². The minimum atomic E-state index is -3.54. The van der Waals surface area contributed by atoms with Crippen LogP contribution in [0.1, 0.15) is 39.0 Å². The lowest BCUT2D eigenvalue weighted by Gasteiger charge is -2.31. The molecule has 1 aromatic carbocycles. The van der Waals surface area contributed by atoms with Gasteiger partial charge in [-0.2, -0.15) is 0 Å². The summed E-state index contributed by atoms with van der Waals surface area (Å²) in [4.78, 5) is 0.189. The molecule has 0 aromatic heterocycles. The molecule has 0 radical (unpaired) electrons. The molecule has 0 aliphatic heterocycles. The van der Waals surface area contributed by atoms with Crippen molar-refractivity contribution >= 4 is 21.6 Å². The second-order valence-electron chi connectivity index (χ2n) is 5.48. The highest BCUT2D eigenvalue weighted by Crippen LogP contribution is 2.30. The fourth-order valence-corrected chi connectivity index (χ4v) is 4.62. The highest BCUT2D eigenvalue weighted by Gasteiger charge is 2.28. The average Bonchev–Trinajstić information content (AvgIpc) is 2.47. The first-order valence-corrected chi connectivity index (χ1v) is 9.20. The van der Waals surface area contributed by atoms with Crippen molar-refractivity contribution in [3.63, 3.8) is 0 Å². The molecule has 0 unspecified atom stereocenters. The molecule has 1 aliphatic carbocycles. The number of methoxy groups -OCH3 is 1. The molecule has 0 amide bonds. The maximum atomic E-state index is 12.5. The Bertz CT molecular complexity index is 589. The third-order valence-electron chi connectivity index (χ3n) is 4.17. The van der Waals surface area contributed by atoms with Crippen LogP contribution in [0, 0.1) is 5.92 Å². The highest BCUT2D eigenvalue weighted by atomic mass is 35.5. The molecule has 6 heteroatoms. The minimum Gasteiger partial charge on any atom is -0.495 e. The quantitative estimate of drug-likeness (QED) is 0.897. The number of ether oxygens (including phenoxy) is 1. The van der Waals surface area contributed by atoms with Crippen LogP contribution >= 0.6 is 11.6 Å². The Balaban J connectivity index is 2.19. The van der Waals surface area contributed by atoms with Crippen LogP contribution in [-0.2, 0) is 10.0 Å². The van der Waals surface area contributed by atoms with Crippen molar-refractivity contribution < 1.29 is 13.2 Å². The van der Waals surface area contributed by atoms with E-state index < -0.39 is 10.0 Å². The molecule has 1 fully saturated rings. The van der Waals surface area contributed by atoms with Crippen LogP contribution in [-0.4, -0.2) is 21.6 Å². The van der Waals surface area contributed by atoms with Gasteiger partial charge in [0.15, 0.2) is 0 Å². The summed E-state index contributed by atoms with van der Waals surface area (Å²) in [6.45, 7) is 2.11. The van der Waals surface area contributed by atoms with Crippen molar-refractivity contribution in [2.45, 2.75) is 50.0 Å². The SMILES string of the molecule is CC[C@H]1CCCC[C@H]1NS(=O)(=O)c1ccc(OC)c(Cl)c1. The second-order valence-corrected chi connectivity index (χ2v) is 7.60. The Morgan fingerprint density at radius 2 is 2.05 bits per heavy atom. The number of nitrogens with one attached hydrogen (secondary N) is 1. The largest absolute Gasteiger partial charge is 0.495 e. The van der Waals surface area contributed by atoms with E-state index in [1.54, 1.807) is 6.07 Å². The molecule has 1 aromatic rings. The average molecular weight is 332 g/mol. The standard InChI is InChI=1S/C15H22ClNO3S/c1-3-11-6-4-5-7-14(11)17-21(18,19)12-8-9-15(20-2)13(16)10-12/h8-11,14,17H,3-7H2,1-2H3/t11-,14+/m0/s1. The molecule has 4 nitrogen and oxygen atoms in total. The lowest BCUT2D eigenvalue weighted by atomic mass is 9.83. The van der Waals surface area contributed by atoms with Gasteiger partial charge in [0.2, 0.25) is 10.0 Å². The molecular weight excluding hydrogens is 310 g/mol. The summed E-state index contributed by atoms with van der Waals surface area (Å²) in [6, 6.07) is 4.56. The number of hydrogen-bond acceptors (Lipinski definition) is 3. The fraction of sp³-hybridized carbons (Fsp3) is 0.600. The van der Waals surface area contributed by atoms with Crippen molar-refractivity contribution in [1.82, 2.24) is 4.72 Å². The van der Waals surface area contributed by atoms with Crippen LogP contribution in [0.4, 0.5) is 0 Å². The van der Waals surface area contributed by atoms with Crippen LogP contribution in [0.5, 0.6) is 5.75 Å². The summed E-state index contributed by atoms with van der Waals surface area (Å²) in [5.41, 5.74) is 0. The Morgan fingerprint density at radius 1 is 1.33 bits per heavy atom. The molecule has 118 valence electrons. The van der Waals surface area contributed by atoms with E-state index in [4.69, 9.17) is 16.3 Å². The van der Waals surface area contributed by atoms with Gasteiger partial charge < -0.3 is 4.74 Å². The number of sulfonamides is 1. The number of hydrogen-bond donors (Lipinski definition) is 1. The lowest BCUT2D eigenvalue weighted by molar-refractivity contribution is 0.282. The van der Waals surface area contributed by atoms with Crippen LogP contribution < -0.4 is 9.46 Å². The van der Waals surface area contributed by atoms with E-state index in [1.807, 2.05) is 0 Å². The molecule has 2 rings (SSSR count). The molecule has 1 saturated carbocycles. The first kappa shape index (κ1) is 16.6. The van der Waals surface area contributed by atoms with Crippen LogP contribution in [0.3, 0.4) is 0 Å². The minimum absolute atomic E-state index is 0.0228. The Labute approximate surface area is 131 Å². The topological polar surface area (TPSA) is 55.4 Å². The molecule has 0 spiro atoms. The van der Waals surface area contributed by atoms with E-state index in [0.29, 0.717) is 16.7 Å². The molecule has 2 atom stereocenters. The summed E-state index contributed by atoms with van der Waals surface area (Å²) >= 11 is 6.02. The molecule has 0 saturated heterocycles. The number of rotatable bonds is 5. The van der Waals surface area contributed by atoms with E-state index in [1.165, 1.54) is 25.7 Å². The summed E-state index contributed by atoms with van der Waals surface area (Å²) in [6.07, 6.45) is 5.25. The first-order valence-electron chi connectivity index (χ1n) is 7.33. The predicted molar refractivity (Wildman–Crippen MR) is 84.4 cm³/mol. The molecule has 0 heterocycles. The van der Waals surface area contributed by atoms with Gasteiger partial charge in [0.25, 0.3) is 0 Å². The number of benzene rings is 1. The Hall–Kier alpha value is -0.780.